The molecule has 20 heavy (non-hydrogen) atoms. The first-order chi connectivity index (χ1) is 9.52. The van der Waals surface area contributed by atoms with Gasteiger partial charge in [0.1, 0.15) is 10.6 Å². The van der Waals surface area contributed by atoms with Crippen LogP contribution in [0.4, 0.5) is 8.78 Å². The molecule has 0 bridgehead atoms. The van der Waals surface area contributed by atoms with E-state index in [1.54, 1.807) is 0 Å². The van der Waals surface area contributed by atoms with Crippen LogP contribution in [0, 0.1) is 18.6 Å². The minimum Gasteiger partial charge on any atom is -0.438 e. The molecular formula is C13H7ClF2N2OS. The third kappa shape index (κ3) is 2.44. The van der Waals surface area contributed by atoms with Crippen molar-refractivity contribution in [2.45, 2.75) is 6.92 Å². The lowest BCUT2D eigenvalue weighted by atomic mass is 10.3. The smallest absolute Gasteiger partial charge is 0.232 e. The molecule has 1 aromatic carbocycles. The number of rotatable bonds is 2. The summed E-state index contributed by atoms with van der Waals surface area (Å²) < 4.78 is 31.5. The Morgan fingerprint density at radius 3 is 2.70 bits per heavy atom. The first-order valence-corrected chi connectivity index (χ1v) is 6.79. The van der Waals surface area contributed by atoms with E-state index in [1.807, 2.05) is 13.0 Å². The van der Waals surface area contributed by atoms with Crippen molar-refractivity contribution in [2.24, 2.45) is 0 Å². The molecule has 0 atom stereocenters. The second-order valence-corrected chi connectivity index (χ2v) is 5.62. The molecule has 0 aliphatic heterocycles. The van der Waals surface area contributed by atoms with Crippen molar-refractivity contribution >= 4 is 33.2 Å². The SMILES string of the molecule is Cc1cc2c(Oc3ccc(F)c(F)c3)nc(Cl)nc2s1. The highest BCUT2D eigenvalue weighted by atomic mass is 35.5. The van der Waals surface area contributed by atoms with Crippen molar-refractivity contribution in [2.75, 3.05) is 0 Å². The molecule has 3 aromatic rings. The third-order valence-electron chi connectivity index (χ3n) is 2.56. The van der Waals surface area contributed by atoms with Gasteiger partial charge in [0.2, 0.25) is 11.2 Å². The van der Waals surface area contributed by atoms with Crippen LogP contribution in [0.15, 0.2) is 24.3 Å². The van der Waals surface area contributed by atoms with Crippen molar-refractivity contribution < 1.29 is 13.5 Å². The van der Waals surface area contributed by atoms with Crippen LogP contribution in [0.2, 0.25) is 5.28 Å². The summed E-state index contributed by atoms with van der Waals surface area (Å²) in [6.45, 7) is 1.92. The second-order valence-electron chi connectivity index (χ2n) is 4.05. The summed E-state index contributed by atoms with van der Waals surface area (Å²) in [6, 6.07) is 5.12. The molecule has 3 rings (SSSR count). The zero-order valence-electron chi connectivity index (χ0n) is 10.2. The van der Waals surface area contributed by atoms with E-state index in [0.29, 0.717) is 10.2 Å². The molecule has 0 amide bonds. The normalized spacial score (nSPS) is 11.0. The Bertz CT molecular complexity index is 806. The van der Waals surface area contributed by atoms with E-state index in [1.165, 1.54) is 17.4 Å². The summed E-state index contributed by atoms with van der Waals surface area (Å²) in [6.07, 6.45) is 0. The fourth-order valence-electron chi connectivity index (χ4n) is 1.72. The minimum atomic E-state index is -0.986. The minimum absolute atomic E-state index is 0.0388. The van der Waals surface area contributed by atoms with Gasteiger partial charge in [-0.05, 0) is 36.7 Å². The van der Waals surface area contributed by atoms with Crippen LogP contribution in [-0.2, 0) is 0 Å². The molecule has 0 spiro atoms. The van der Waals surface area contributed by atoms with Gasteiger partial charge in [-0.15, -0.1) is 11.3 Å². The first kappa shape index (κ1) is 13.2. The lowest BCUT2D eigenvalue weighted by Gasteiger charge is -2.06. The number of benzene rings is 1. The second kappa shape index (κ2) is 4.96. The van der Waals surface area contributed by atoms with Crippen molar-refractivity contribution in [3.8, 4) is 11.6 Å². The molecule has 0 aliphatic rings. The average molecular weight is 313 g/mol. The Morgan fingerprint density at radius 2 is 1.95 bits per heavy atom. The zero-order chi connectivity index (χ0) is 14.3. The fourth-order valence-corrected chi connectivity index (χ4v) is 2.80. The molecule has 0 saturated heterocycles. The highest BCUT2D eigenvalue weighted by Crippen LogP contribution is 2.33. The summed E-state index contributed by atoms with van der Waals surface area (Å²) >= 11 is 7.27. The molecule has 3 nitrogen and oxygen atoms in total. The maximum Gasteiger partial charge on any atom is 0.232 e. The van der Waals surface area contributed by atoms with E-state index in [0.717, 1.165) is 17.0 Å². The van der Waals surface area contributed by atoms with Crippen LogP contribution in [-0.4, -0.2) is 9.97 Å². The Labute approximate surface area is 121 Å². The Balaban J connectivity index is 2.07. The van der Waals surface area contributed by atoms with Crippen molar-refractivity contribution in [3.63, 3.8) is 0 Å². The standard InChI is InChI=1S/C13H7ClF2N2OS/c1-6-4-8-11(17-13(14)18-12(8)20-6)19-7-2-3-9(15)10(16)5-7/h2-5H,1H3. The largest absolute Gasteiger partial charge is 0.438 e. The predicted molar refractivity (Wildman–Crippen MR) is 73.6 cm³/mol. The monoisotopic (exact) mass is 312 g/mol. The fraction of sp³-hybridized carbons (Fsp3) is 0.0769. The highest BCUT2D eigenvalue weighted by molar-refractivity contribution is 7.18. The molecule has 2 heterocycles. The summed E-state index contributed by atoms with van der Waals surface area (Å²) in [7, 11) is 0. The maximum absolute atomic E-state index is 13.2. The third-order valence-corrected chi connectivity index (χ3v) is 3.67. The lowest BCUT2D eigenvalue weighted by Crippen LogP contribution is -1.92. The van der Waals surface area contributed by atoms with Gasteiger partial charge in [0, 0.05) is 10.9 Å². The van der Waals surface area contributed by atoms with Crippen LogP contribution >= 0.6 is 22.9 Å². The van der Waals surface area contributed by atoms with Crippen LogP contribution in [0.1, 0.15) is 4.88 Å². The van der Waals surface area contributed by atoms with Gasteiger partial charge in [0.15, 0.2) is 11.6 Å². The van der Waals surface area contributed by atoms with Gasteiger partial charge in [-0.3, -0.25) is 0 Å². The molecule has 2 aromatic heterocycles. The van der Waals surface area contributed by atoms with E-state index >= 15 is 0 Å². The molecule has 0 radical (unpaired) electrons. The Morgan fingerprint density at radius 1 is 1.15 bits per heavy atom. The quantitative estimate of drug-likeness (QED) is 0.642. The summed E-state index contributed by atoms with van der Waals surface area (Å²) in [4.78, 5) is 9.77. The number of halogens is 3. The number of hydrogen-bond donors (Lipinski definition) is 0. The number of hydrogen-bond acceptors (Lipinski definition) is 4. The Kier molecular flexibility index (Phi) is 3.27. The number of ether oxygens (including phenoxy) is 1. The maximum atomic E-state index is 13.2. The molecular weight excluding hydrogens is 306 g/mol. The van der Waals surface area contributed by atoms with Crippen molar-refractivity contribution in [1.82, 2.24) is 9.97 Å². The molecule has 0 N–H and O–H groups in total. The van der Waals surface area contributed by atoms with Crippen LogP contribution in [0.25, 0.3) is 10.2 Å². The number of nitrogens with zero attached hydrogens (tertiary/aromatic N) is 2. The van der Waals surface area contributed by atoms with Gasteiger partial charge in [0.25, 0.3) is 0 Å². The number of aromatic nitrogens is 2. The molecule has 7 heteroatoms. The Hall–Kier alpha value is -1.79. The van der Waals surface area contributed by atoms with E-state index in [2.05, 4.69) is 9.97 Å². The summed E-state index contributed by atoms with van der Waals surface area (Å²) in [5, 5.41) is 0.721. The van der Waals surface area contributed by atoms with Gasteiger partial charge in [0.05, 0.1) is 5.39 Å². The van der Waals surface area contributed by atoms with Crippen LogP contribution < -0.4 is 4.74 Å². The van der Waals surface area contributed by atoms with E-state index in [9.17, 15) is 8.78 Å². The van der Waals surface area contributed by atoms with Gasteiger partial charge in [-0.1, -0.05) is 0 Å². The van der Waals surface area contributed by atoms with Crippen molar-refractivity contribution in [3.05, 3.63) is 46.1 Å². The number of aryl methyl sites for hydroxylation is 1. The van der Waals surface area contributed by atoms with E-state index < -0.39 is 11.6 Å². The highest BCUT2D eigenvalue weighted by Gasteiger charge is 2.13. The predicted octanol–water partition coefficient (Wildman–Crippen LogP) is 4.72. The van der Waals surface area contributed by atoms with Gasteiger partial charge >= 0.3 is 0 Å². The van der Waals surface area contributed by atoms with Gasteiger partial charge < -0.3 is 4.74 Å². The van der Waals surface area contributed by atoms with E-state index in [-0.39, 0.29) is 16.9 Å². The zero-order valence-corrected chi connectivity index (χ0v) is 11.7. The average Bonchev–Trinajstić information content (AvgIpc) is 2.74. The van der Waals surface area contributed by atoms with Gasteiger partial charge in [-0.25, -0.2) is 13.8 Å². The molecule has 0 aliphatic carbocycles. The topological polar surface area (TPSA) is 35.0 Å². The number of fused-ring (bicyclic) bond motifs is 1. The van der Waals surface area contributed by atoms with Crippen LogP contribution in [0.5, 0.6) is 11.6 Å². The summed E-state index contributed by atoms with van der Waals surface area (Å²) in [5.41, 5.74) is 0. The lowest BCUT2D eigenvalue weighted by molar-refractivity contribution is 0.452. The molecule has 0 saturated carbocycles. The van der Waals surface area contributed by atoms with Crippen LogP contribution in [0.3, 0.4) is 0 Å². The van der Waals surface area contributed by atoms with Crippen molar-refractivity contribution in [1.29, 1.82) is 0 Å². The summed E-state index contributed by atoms with van der Waals surface area (Å²) in [5.74, 6) is -1.56. The molecule has 0 fully saturated rings. The molecule has 102 valence electrons. The van der Waals surface area contributed by atoms with Gasteiger partial charge in [-0.2, -0.15) is 4.98 Å². The van der Waals surface area contributed by atoms with E-state index in [4.69, 9.17) is 16.3 Å². The number of thiophene rings is 1. The first-order valence-electron chi connectivity index (χ1n) is 5.59. The molecule has 0 unspecified atom stereocenters.